The summed E-state index contributed by atoms with van der Waals surface area (Å²) in [5, 5.41) is 21.3. The van der Waals surface area contributed by atoms with E-state index in [0.717, 1.165) is 0 Å². The molecular weight excluding hydrogens is 316 g/mol. The van der Waals surface area contributed by atoms with Crippen molar-refractivity contribution in [3.05, 3.63) is 58.6 Å². The van der Waals surface area contributed by atoms with Crippen LogP contribution in [0, 0.1) is 11.3 Å². The number of nitrogens with zero attached hydrogens (tertiary/aromatic N) is 1. The van der Waals surface area contributed by atoms with Crippen LogP contribution in [-0.4, -0.2) is 18.1 Å². The molecule has 0 saturated carbocycles. The molecule has 2 rings (SSSR count). The number of nitrogens with one attached hydrogen (secondary N) is 1. The number of ether oxygens (including phenoxy) is 1. The maximum atomic E-state index is 12.2. The third-order valence-corrected chi connectivity index (χ3v) is 3.28. The Bertz CT molecular complexity index is 810. The molecule has 5 nitrogen and oxygen atoms in total. The smallest absolute Gasteiger partial charge is 0.266 e. The fourth-order valence-corrected chi connectivity index (χ4v) is 2.02. The molecule has 116 valence electrons. The largest absolute Gasteiger partial charge is 0.506 e. The Morgan fingerprint density at radius 3 is 2.78 bits per heavy atom. The fraction of sp³-hybridized carbons (Fsp3) is 0.0588. The van der Waals surface area contributed by atoms with E-state index in [-0.39, 0.29) is 16.3 Å². The number of nitriles is 1. The van der Waals surface area contributed by atoms with E-state index < -0.39 is 5.91 Å². The standard InChI is InChI=1S/C17H13ClN2O3/c1-23-14-4-2-3-13(9-14)20-17(22)12(10-19)7-11-5-6-16(21)15(18)8-11/h2-9,21H,1H3,(H,20,22)/b12-7-. The molecule has 2 aromatic rings. The van der Waals surface area contributed by atoms with Gasteiger partial charge in [0.2, 0.25) is 0 Å². The maximum Gasteiger partial charge on any atom is 0.266 e. The Morgan fingerprint density at radius 1 is 1.35 bits per heavy atom. The fourth-order valence-electron chi connectivity index (χ4n) is 1.83. The minimum absolute atomic E-state index is 0.0665. The lowest BCUT2D eigenvalue weighted by Crippen LogP contribution is -2.13. The van der Waals surface area contributed by atoms with Crippen molar-refractivity contribution in [3.8, 4) is 17.6 Å². The number of halogens is 1. The summed E-state index contributed by atoms with van der Waals surface area (Å²) in [5.41, 5.74) is 0.957. The SMILES string of the molecule is COc1cccc(NC(=O)/C(C#N)=C\c2ccc(O)c(Cl)c2)c1. The molecule has 0 spiro atoms. The third-order valence-electron chi connectivity index (χ3n) is 2.98. The van der Waals surface area contributed by atoms with Crippen LogP contribution in [0.2, 0.25) is 5.02 Å². The summed E-state index contributed by atoms with van der Waals surface area (Å²) in [5.74, 6) is -0.0243. The Balaban J connectivity index is 2.22. The van der Waals surface area contributed by atoms with Gasteiger partial charge in [-0.1, -0.05) is 23.7 Å². The molecule has 0 bridgehead atoms. The molecule has 0 aliphatic carbocycles. The molecule has 0 unspecified atom stereocenters. The van der Waals surface area contributed by atoms with E-state index in [0.29, 0.717) is 17.0 Å². The molecule has 2 N–H and O–H groups in total. The van der Waals surface area contributed by atoms with E-state index >= 15 is 0 Å². The van der Waals surface area contributed by atoms with Crippen LogP contribution in [-0.2, 0) is 4.79 Å². The van der Waals surface area contributed by atoms with E-state index in [1.54, 1.807) is 30.3 Å². The van der Waals surface area contributed by atoms with Gasteiger partial charge in [-0.3, -0.25) is 4.79 Å². The van der Waals surface area contributed by atoms with E-state index in [1.165, 1.54) is 25.3 Å². The molecule has 0 saturated heterocycles. The molecular formula is C17H13ClN2O3. The quantitative estimate of drug-likeness (QED) is 0.663. The Hall–Kier alpha value is -2.97. The second kappa shape index (κ2) is 7.34. The number of amides is 1. The molecule has 1 amide bonds. The van der Waals surface area contributed by atoms with Gasteiger partial charge in [0.25, 0.3) is 5.91 Å². The van der Waals surface area contributed by atoms with Crippen LogP contribution in [0.5, 0.6) is 11.5 Å². The molecule has 0 aromatic heterocycles. The molecule has 0 aliphatic heterocycles. The van der Waals surface area contributed by atoms with Crippen molar-refractivity contribution >= 4 is 29.3 Å². The zero-order valence-electron chi connectivity index (χ0n) is 12.2. The molecule has 0 radical (unpaired) electrons. The first kappa shape index (κ1) is 16.4. The average molecular weight is 329 g/mol. The van der Waals surface area contributed by atoms with Crippen LogP contribution in [0.3, 0.4) is 0 Å². The third kappa shape index (κ3) is 4.25. The lowest BCUT2D eigenvalue weighted by molar-refractivity contribution is -0.112. The lowest BCUT2D eigenvalue weighted by Gasteiger charge is -2.06. The van der Waals surface area contributed by atoms with Crippen LogP contribution in [0.1, 0.15) is 5.56 Å². The first-order valence-corrected chi connectivity index (χ1v) is 6.97. The van der Waals surface area contributed by atoms with Gasteiger partial charge < -0.3 is 15.2 Å². The van der Waals surface area contributed by atoms with Gasteiger partial charge in [-0.2, -0.15) is 5.26 Å². The number of rotatable bonds is 4. The average Bonchev–Trinajstić information content (AvgIpc) is 2.55. The van der Waals surface area contributed by atoms with Gasteiger partial charge in [-0.25, -0.2) is 0 Å². The molecule has 0 atom stereocenters. The number of carbonyl (C=O) groups is 1. The number of phenols is 1. The van der Waals surface area contributed by atoms with Gasteiger partial charge in [0.05, 0.1) is 12.1 Å². The van der Waals surface area contributed by atoms with Crippen molar-refractivity contribution in [3.63, 3.8) is 0 Å². The van der Waals surface area contributed by atoms with Crippen LogP contribution in [0.15, 0.2) is 48.0 Å². The van der Waals surface area contributed by atoms with Gasteiger partial charge in [-0.15, -0.1) is 0 Å². The second-order valence-electron chi connectivity index (χ2n) is 4.57. The predicted octanol–water partition coefficient (Wildman–Crippen LogP) is 3.60. The number of carbonyl (C=O) groups excluding carboxylic acids is 1. The lowest BCUT2D eigenvalue weighted by atomic mass is 10.1. The molecule has 23 heavy (non-hydrogen) atoms. The summed E-state index contributed by atoms with van der Waals surface area (Å²) in [7, 11) is 1.52. The molecule has 0 aliphatic rings. The normalized spacial score (nSPS) is 10.7. The van der Waals surface area contributed by atoms with Crippen molar-refractivity contribution < 1.29 is 14.6 Å². The van der Waals surface area contributed by atoms with Crippen LogP contribution >= 0.6 is 11.6 Å². The number of aromatic hydroxyl groups is 1. The van der Waals surface area contributed by atoms with Crippen LogP contribution in [0.25, 0.3) is 6.08 Å². The molecule has 0 heterocycles. The van der Waals surface area contributed by atoms with Crippen LogP contribution < -0.4 is 10.1 Å². The monoisotopic (exact) mass is 328 g/mol. The van der Waals surface area contributed by atoms with Crippen molar-refractivity contribution in [1.82, 2.24) is 0 Å². The van der Waals surface area contributed by atoms with Crippen molar-refractivity contribution in [2.45, 2.75) is 0 Å². The highest BCUT2D eigenvalue weighted by atomic mass is 35.5. The molecule has 2 aromatic carbocycles. The summed E-state index contributed by atoms with van der Waals surface area (Å²) >= 11 is 5.81. The van der Waals surface area contributed by atoms with Crippen molar-refractivity contribution in [2.75, 3.05) is 12.4 Å². The maximum absolute atomic E-state index is 12.2. The Kier molecular flexibility index (Phi) is 5.23. The number of phenolic OH excluding ortho intramolecular Hbond substituents is 1. The first-order chi connectivity index (χ1) is 11.0. The summed E-state index contributed by atoms with van der Waals surface area (Å²) < 4.78 is 5.07. The minimum atomic E-state index is -0.551. The summed E-state index contributed by atoms with van der Waals surface area (Å²) in [4.78, 5) is 12.2. The second-order valence-corrected chi connectivity index (χ2v) is 4.97. The Morgan fingerprint density at radius 2 is 2.13 bits per heavy atom. The molecule has 6 heteroatoms. The van der Waals surface area contributed by atoms with E-state index in [1.807, 2.05) is 6.07 Å². The van der Waals surface area contributed by atoms with Gasteiger partial charge in [0.1, 0.15) is 23.1 Å². The number of hydrogen-bond acceptors (Lipinski definition) is 4. The predicted molar refractivity (Wildman–Crippen MR) is 88.3 cm³/mol. The topological polar surface area (TPSA) is 82.3 Å². The number of benzene rings is 2. The van der Waals surface area contributed by atoms with Gasteiger partial charge >= 0.3 is 0 Å². The Labute approximate surface area is 138 Å². The van der Waals surface area contributed by atoms with Gasteiger partial charge in [-0.05, 0) is 35.9 Å². The van der Waals surface area contributed by atoms with Gasteiger partial charge in [0, 0.05) is 11.8 Å². The van der Waals surface area contributed by atoms with Gasteiger partial charge in [0.15, 0.2) is 0 Å². The number of hydrogen-bond donors (Lipinski definition) is 2. The van der Waals surface area contributed by atoms with Crippen molar-refractivity contribution in [1.29, 1.82) is 5.26 Å². The molecule has 0 fully saturated rings. The zero-order chi connectivity index (χ0) is 16.8. The van der Waals surface area contributed by atoms with E-state index in [9.17, 15) is 15.2 Å². The number of anilines is 1. The highest BCUT2D eigenvalue weighted by Gasteiger charge is 2.10. The summed E-state index contributed by atoms with van der Waals surface area (Å²) in [6, 6.07) is 13.1. The van der Waals surface area contributed by atoms with Crippen LogP contribution in [0.4, 0.5) is 5.69 Å². The zero-order valence-corrected chi connectivity index (χ0v) is 13.0. The highest BCUT2D eigenvalue weighted by Crippen LogP contribution is 2.25. The number of methoxy groups -OCH3 is 1. The summed E-state index contributed by atoms with van der Waals surface area (Å²) in [6.45, 7) is 0. The van der Waals surface area contributed by atoms with Crippen molar-refractivity contribution in [2.24, 2.45) is 0 Å². The van der Waals surface area contributed by atoms with E-state index in [2.05, 4.69) is 5.32 Å². The first-order valence-electron chi connectivity index (χ1n) is 6.59. The summed E-state index contributed by atoms with van der Waals surface area (Å²) in [6.07, 6.45) is 1.39. The minimum Gasteiger partial charge on any atom is -0.506 e. The highest BCUT2D eigenvalue weighted by molar-refractivity contribution is 6.32. The van der Waals surface area contributed by atoms with E-state index in [4.69, 9.17) is 16.3 Å².